The zero-order chi connectivity index (χ0) is 24.7. The van der Waals surface area contributed by atoms with Crippen LogP contribution in [0.5, 0.6) is 0 Å². The first-order chi connectivity index (χ1) is 15.5. The van der Waals surface area contributed by atoms with Crippen molar-refractivity contribution < 1.29 is 29.7 Å². The summed E-state index contributed by atoms with van der Waals surface area (Å²) >= 11 is 0. The third kappa shape index (κ3) is 7.27. The molecule has 0 aliphatic carbocycles. The predicted octanol–water partition coefficient (Wildman–Crippen LogP) is 2.38. The van der Waals surface area contributed by atoms with Gasteiger partial charge in [0.25, 0.3) is 5.91 Å². The Bertz CT molecular complexity index is 969. The quantitative estimate of drug-likeness (QED) is 0.351. The van der Waals surface area contributed by atoms with Crippen LogP contribution in [0.3, 0.4) is 0 Å². The average molecular weight is 459 g/mol. The van der Waals surface area contributed by atoms with Crippen molar-refractivity contribution in [1.29, 1.82) is 0 Å². The van der Waals surface area contributed by atoms with Crippen LogP contribution in [0.1, 0.15) is 52.2 Å². The van der Waals surface area contributed by atoms with Gasteiger partial charge in [0.15, 0.2) is 6.10 Å². The summed E-state index contributed by atoms with van der Waals surface area (Å²) in [4.78, 5) is 36.6. The minimum atomic E-state index is -1.45. The normalized spacial score (nSPS) is 15.2. The molecular weight excluding hydrogens is 424 g/mol. The van der Waals surface area contributed by atoms with E-state index in [1.165, 1.54) is 0 Å². The number of amides is 2. The van der Waals surface area contributed by atoms with E-state index < -0.39 is 42.1 Å². The van der Waals surface area contributed by atoms with Gasteiger partial charge in [-0.15, -0.1) is 0 Å². The molecule has 2 aromatic carbocycles. The maximum absolute atomic E-state index is 12.9. The first-order valence-electron chi connectivity index (χ1n) is 11.2. The summed E-state index contributed by atoms with van der Waals surface area (Å²) < 4.78 is 0. The molecule has 8 nitrogen and oxygen atoms in total. The summed E-state index contributed by atoms with van der Waals surface area (Å²) in [5, 5.41) is 37.4. The van der Waals surface area contributed by atoms with Gasteiger partial charge < -0.3 is 26.0 Å². The highest BCUT2D eigenvalue weighted by molar-refractivity contribution is 5.92. The molecule has 5 N–H and O–H groups in total. The van der Waals surface area contributed by atoms with Gasteiger partial charge in [-0.3, -0.25) is 9.59 Å². The monoisotopic (exact) mass is 458 g/mol. The molecule has 0 aromatic heterocycles. The Morgan fingerprint density at radius 1 is 0.909 bits per heavy atom. The van der Waals surface area contributed by atoms with Gasteiger partial charge in [-0.25, -0.2) is 4.79 Å². The number of hydrogen-bond donors (Lipinski definition) is 5. The number of carbonyl (C=O) groups is 3. The van der Waals surface area contributed by atoms with Crippen LogP contribution in [0, 0.1) is 11.8 Å². The molecule has 2 amide bonds. The van der Waals surface area contributed by atoms with E-state index in [-0.39, 0.29) is 18.3 Å². The van der Waals surface area contributed by atoms with Crippen LogP contribution in [-0.4, -0.2) is 51.3 Å². The number of rotatable bonds is 11. The number of aliphatic hydroxyl groups excluding tert-OH is 2. The van der Waals surface area contributed by atoms with E-state index in [2.05, 4.69) is 10.6 Å². The molecule has 0 spiro atoms. The number of aliphatic hydroxyl groups is 2. The summed E-state index contributed by atoms with van der Waals surface area (Å²) in [6.45, 7) is 7.16. The van der Waals surface area contributed by atoms with Crippen LogP contribution in [0.4, 0.5) is 0 Å². The number of carboxylic acids is 1. The van der Waals surface area contributed by atoms with Crippen molar-refractivity contribution >= 4 is 28.6 Å². The third-order valence-corrected chi connectivity index (χ3v) is 5.53. The molecule has 33 heavy (non-hydrogen) atoms. The molecule has 0 heterocycles. The van der Waals surface area contributed by atoms with Gasteiger partial charge in [-0.1, -0.05) is 70.2 Å². The Morgan fingerprint density at radius 2 is 1.55 bits per heavy atom. The molecular formula is C25H34N2O6. The summed E-state index contributed by atoms with van der Waals surface area (Å²) in [7, 11) is 0. The maximum Gasteiger partial charge on any atom is 0.326 e. The van der Waals surface area contributed by atoms with Gasteiger partial charge in [0.05, 0.1) is 18.6 Å². The van der Waals surface area contributed by atoms with Gasteiger partial charge in [0.2, 0.25) is 5.91 Å². The summed E-state index contributed by atoms with van der Waals surface area (Å²) in [5.41, 5.74) is 0.447. The van der Waals surface area contributed by atoms with E-state index in [4.69, 9.17) is 0 Å². The zero-order valence-corrected chi connectivity index (χ0v) is 19.5. The molecule has 0 aliphatic heterocycles. The number of carboxylic acid groups (broad SMARTS) is 1. The average Bonchev–Trinajstić information content (AvgIpc) is 2.75. The number of benzene rings is 2. The van der Waals surface area contributed by atoms with Crippen LogP contribution in [0.15, 0.2) is 42.5 Å². The molecule has 0 saturated heterocycles. The number of hydrogen-bond acceptors (Lipinski definition) is 5. The van der Waals surface area contributed by atoms with E-state index in [9.17, 15) is 29.7 Å². The van der Waals surface area contributed by atoms with Gasteiger partial charge in [0.1, 0.15) is 6.04 Å². The Hall–Kier alpha value is -2.97. The van der Waals surface area contributed by atoms with E-state index in [0.717, 1.165) is 10.8 Å². The lowest BCUT2D eigenvalue weighted by atomic mass is 9.95. The third-order valence-electron chi connectivity index (χ3n) is 5.53. The van der Waals surface area contributed by atoms with Gasteiger partial charge in [-0.2, -0.15) is 0 Å². The summed E-state index contributed by atoms with van der Waals surface area (Å²) in [6.07, 6.45) is -2.71. The van der Waals surface area contributed by atoms with Crippen LogP contribution in [0.2, 0.25) is 0 Å². The zero-order valence-electron chi connectivity index (χ0n) is 19.5. The fourth-order valence-electron chi connectivity index (χ4n) is 3.79. The minimum Gasteiger partial charge on any atom is -0.480 e. The summed E-state index contributed by atoms with van der Waals surface area (Å²) in [6, 6.07) is 10.8. The summed E-state index contributed by atoms with van der Waals surface area (Å²) in [5.74, 6) is -2.70. The van der Waals surface area contributed by atoms with Crippen molar-refractivity contribution in [3.05, 3.63) is 48.0 Å². The lowest BCUT2D eigenvalue weighted by Crippen LogP contribution is -2.49. The molecule has 0 saturated carbocycles. The minimum absolute atomic E-state index is 0.0881. The highest BCUT2D eigenvalue weighted by Crippen LogP contribution is 2.25. The molecule has 2 aromatic rings. The Morgan fingerprint density at radius 3 is 2.15 bits per heavy atom. The van der Waals surface area contributed by atoms with Crippen molar-refractivity contribution in [2.24, 2.45) is 11.8 Å². The van der Waals surface area contributed by atoms with E-state index in [1.807, 2.05) is 44.2 Å². The molecule has 0 fully saturated rings. The van der Waals surface area contributed by atoms with Crippen molar-refractivity contribution in [2.45, 2.75) is 64.8 Å². The van der Waals surface area contributed by atoms with Crippen molar-refractivity contribution in [3.8, 4) is 0 Å². The first-order valence-corrected chi connectivity index (χ1v) is 11.2. The number of aliphatic carboxylic acids is 1. The van der Waals surface area contributed by atoms with Crippen LogP contribution in [0.25, 0.3) is 10.8 Å². The maximum atomic E-state index is 12.9. The van der Waals surface area contributed by atoms with Gasteiger partial charge >= 0.3 is 5.97 Å². The van der Waals surface area contributed by atoms with Crippen molar-refractivity contribution in [2.75, 3.05) is 0 Å². The van der Waals surface area contributed by atoms with E-state index >= 15 is 0 Å². The second kappa shape index (κ2) is 11.8. The van der Waals surface area contributed by atoms with Gasteiger partial charge in [0, 0.05) is 0 Å². The molecule has 0 aliphatic rings. The Balaban J connectivity index is 2.13. The smallest absolute Gasteiger partial charge is 0.326 e. The molecule has 0 radical (unpaired) electrons. The SMILES string of the molecule is CC(C)C[C@H](NC(=O)C(O)c1cccc2ccccc12)[C@H](O)CC(=O)N[C@H](C(=O)O)C(C)C. The van der Waals surface area contributed by atoms with Crippen LogP contribution in [-0.2, 0) is 14.4 Å². The van der Waals surface area contributed by atoms with E-state index in [1.54, 1.807) is 26.0 Å². The molecule has 2 rings (SSSR count). The fourth-order valence-corrected chi connectivity index (χ4v) is 3.79. The number of fused-ring (bicyclic) bond motifs is 1. The molecule has 0 bridgehead atoms. The highest BCUT2D eigenvalue weighted by atomic mass is 16.4. The lowest BCUT2D eigenvalue weighted by Gasteiger charge is -2.27. The highest BCUT2D eigenvalue weighted by Gasteiger charge is 2.30. The molecule has 1 unspecified atom stereocenters. The fraction of sp³-hybridized carbons (Fsp3) is 0.480. The Kier molecular flexibility index (Phi) is 9.37. The largest absolute Gasteiger partial charge is 0.480 e. The number of carbonyl (C=O) groups excluding carboxylic acids is 2. The molecule has 4 atom stereocenters. The molecule has 180 valence electrons. The number of nitrogens with one attached hydrogen (secondary N) is 2. The second-order valence-electron chi connectivity index (χ2n) is 9.11. The Labute approximate surface area is 194 Å². The van der Waals surface area contributed by atoms with Crippen LogP contribution < -0.4 is 10.6 Å². The van der Waals surface area contributed by atoms with Gasteiger partial charge in [-0.05, 0) is 34.6 Å². The first kappa shape index (κ1) is 26.3. The topological polar surface area (TPSA) is 136 Å². The van der Waals surface area contributed by atoms with Crippen molar-refractivity contribution in [1.82, 2.24) is 10.6 Å². The second-order valence-corrected chi connectivity index (χ2v) is 9.11. The van der Waals surface area contributed by atoms with Crippen LogP contribution >= 0.6 is 0 Å². The van der Waals surface area contributed by atoms with E-state index in [0.29, 0.717) is 12.0 Å². The predicted molar refractivity (Wildman–Crippen MR) is 125 cm³/mol. The lowest BCUT2D eigenvalue weighted by molar-refractivity contribution is -0.143. The van der Waals surface area contributed by atoms with Crippen molar-refractivity contribution in [3.63, 3.8) is 0 Å². The standard InChI is InChI=1S/C25H34N2O6/c1-14(2)12-19(20(28)13-21(29)27-22(15(3)4)25(32)33)26-24(31)23(30)18-11-7-9-16-8-5-6-10-17(16)18/h5-11,14-15,19-20,22-23,28,30H,12-13H2,1-4H3,(H,26,31)(H,27,29)(H,32,33)/t19-,20+,22-,23?/m0/s1. The molecule has 8 heteroatoms.